The van der Waals surface area contributed by atoms with Gasteiger partial charge < -0.3 is 5.11 Å². The highest BCUT2D eigenvalue weighted by molar-refractivity contribution is 7.89. The quantitative estimate of drug-likeness (QED) is 0.925. The van der Waals surface area contributed by atoms with Crippen LogP contribution in [0.5, 0.6) is 0 Å². The Balaban J connectivity index is 2.28. The molecule has 0 aliphatic carbocycles. The average molecular weight is 315 g/mol. The summed E-state index contributed by atoms with van der Waals surface area (Å²) in [6.07, 6.45) is 2.61. The molecular formula is C14H18FNO4S. The van der Waals surface area contributed by atoms with Gasteiger partial charge in [-0.05, 0) is 37.0 Å². The van der Waals surface area contributed by atoms with Gasteiger partial charge in [-0.15, -0.1) is 0 Å². The lowest BCUT2D eigenvalue weighted by Gasteiger charge is -2.30. The molecule has 1 aromatic carbocycles. The number of carbonyl (C=O) groups is 1. The maximum absolute atomic E-state index is 13.4. The molecule has 5 nitrogen and oxygen atoms in total. The Labute approximate surface area is 123 Å². The maximum atomic E-state index is 13.4. The molecule has 0 radical (unpaired) electrons. The normalized spacial score (nSPS) is 17.8. The first-order chi connectivity index (χ1) is 9.86. The highest BCUT2D eigenvalue weighted by atomic mass is 32.2. The molecule has 1 fully saturated rings. The van der Waals surface area contributed by atoms with E-state index in [2.05, 4.69) is 6.92 Å². The molecule has 1 aromatic rings. The van der Waals surface area contributed by atoms with Crippen LogP contribution in [0.2, 0.25) is 0 Å². The van der Waals surface area contributed by atoms with E-state index in [1.807, 2.05) is 0 Å². The van der Waals surface area contributed by atoms with E-state index in [0.717, 1.165) is 37.5 Å². The summed E-state index contributed by atoms with van der Waals surface area (Å²) in [4.78, 5) is 10.7. The molecule has 0 amide bonds. The number of benzene rings is 1. The highest BCUT2D eigenvalue weighted by Crippen LogP contribution is 2.26. The molecule has 0 atom stereocenters. The molecule has 21 heavy (non-hydrogen) atoms. The number of carboxylic acids is 1. The molecular weight excluding hydrogens is 297 g/mol. The van der Waals surface area contributed by atoms with Gasteiger partial charge in [0.2, 0.25) is 10.0 Å². The number of hydrogen-bond donors (Lipinski definition) is 1. The molecule has 0 bridgehead atoms. The fraction of sp³-hybridized carbons (Fsp3) is 0.500. The molecule has 1 saturated heterocycles. The Bertz CT molecular complexity index is 636. The van der Waals surface area contributed by atoms with Crippen LogP contribution in [0.4, 0.5) is 4.39 Å². The predicted octanol–water partition coefficient (Wildman–Crippen LogP) is 2.33. The first kappa shape index (κ1) is 15.9. The Kier molecular flexibility index (Phi) is 4.63. The predicted molar refractivity (Wildman–Crippen MR) is 75.1 cm³/mol. The van der Waals surface area contributed by atoms with Gasteiger partial charge in [-0.1, -0.05) is 13.3 Å². The first-order valence-corrected chi connectivity index (χ1v) is 8.33. The summed E-state index contributed by atoms with van der Waals surface area (Å²) in [7, 11) is -3.76. The monoisotopic (exact) mass is 315 g/mol. The van der Waals surface area contributed by atoms with Gasteiger partial charge in [0.1, 0.15) is 5.82 Å². The minimum Gasteiger partial charge on any atom is -0.478 e. The van der Waals surface area contributed by atoms with Crippen LogP contribution in [-0.4, -0.2) is 36.9 Å². The summed E-state index contributed by atoms with van der Waals surface area (Å²) in [6, 6.07) is 2.89. The number of sulfonamides is 1. The van der Waals surface area contributed by atoms with E-state index in [4.69, 9.17) is 5.11 Å². The van der Waals surface area contributed by atoms with Gasteiger partial charge in [0.05, 0.1) is 10.5 Å². The third kappa shape index (κ3) is 3.24. The molecule has 1 aliphatic heterocycles. The lowest BCUT2D eigenvalue weighted by atomic mass is 9.96. The third-order valence-corrected chi connectivity index (χ3v) is 5.85. The third-order valence-electron chi connectivity index (χ3n) is 3.96. The molecule has 7 heteroatoms. The second-order valence-corrected chi connectivity index (χ2v) is 7.14. The lowest BCUT2D eigenvalue weighted by molar-refractivity contribution is 0.0691. The zero-order valence-corrected chi connectivity index (χ0v) is 12.6. The van der Waals surface area contributed by atoms with E-state index in [0.29, 0.717) is 19.0 Å². The Morgan fingerprint density at radius 3 is 2.52 bits per heavy atom. The van der Waals surface area contributed by atoms with Crippen LogP contribution in [0, 0.1) is 11.7 Å². The van der Waals surface area contributed by atoms with Crippen molar-refractivity contribution in [2.45, 2.75) is 31.1 Å². The molecule has 0 saturated carbocycles. The molecule has 0 spiro atoms. The van der Waals surface area contributed by atoms with Gasteiger partial charge in [-0.2, -0.15) is 4.31 Å². The summed E-state index contributed by atoms with van der Waals surface area (Å²) in [5.41, 5.74) is -0.625. The van der Waals surface area contributed by atoms with Crippen LogP contribution in [0.25, 0.3) is 0 Å². The van der Waals surface area contributed by atoms with Crippen LogP contribution in [-0.2, 0) is 10.0 Å². The summed E-state index contributed by atoms with van der Waals surface area (Å²) in [5.74, 6) is -1.89. The van der Waals surface area contributed by atoms with E-state index < -0.39 is 27.4 Å². The summed E-state index contributed by atoms with van der Waals surface area (Å²) >= 11 is 0. The first-order valence-electron chi connectivity index (χ1n) is 6.89. The van der Waals surface area contributed by atoms with Crippen molar-refractivity contribution in [1.82, 2.24) is 4.31 Å². The van der Waals surface area contributed by atoms with Crippen LogP contribution < -0.4 is 0 Å². The van der Waals surface area contributed by atoms with Crippen LogP contribution in [0.3, 0.4) is 0 Å². The van der Waals surface area contributed by atoms with Crippen molar-refractivity contribution < 1.29 is 22.7 Å². The zero-order valence-electron chi connectivity index (χ0n) is 11.8. The van der Waals surface area contributed by atoms with Crippen molar-refractivity contribution in [3.8, 4) is 0 Å². The van der Waals surface area contributed by atoms with E-state index >= 15 is 0 Å². The van der Waals surface area contributed by atoms with Gasteiger partial charge in [-0.3, -0.25) is 0 Å². The van der Waals surface area contributed by atoms with Gasteiger partial charge >= 0.3 is 5.97 Å². The Morgan fingerprint density at radius 1 is 1.38 bits per heavy atom. The Morgan fingerprint density at radius 2 is 2.00 bits per heavy atom. The van der Waals surface area contributed by atoms with E-state index in [9.17, 15) is 17.6 Å². The smallest absolute Gasteiger partial charge is 0.338 e. The van der Waals surface area contributed by atoms with Crippen molar-refractivity contribution in [1.29, 1.82) is 0 Å². The molecule has 116 valence electrons. The van der Waals surface area contributed by atoms with E-state index in [-0.39, 0.29) is 4.90 Å². The van der Waals surface area contributed by atoms with Crippen molar-refractivity contribution in [3.63, 3.8) is 0 Å². The van der Waals surface area contributed by atoms with Gasteiger partial charge in [0, 0.05) is 13.1 Å². The van der Waals surface area contributed by atoms with Gasteiger partial charge in [0.15, 0.2) is 0 Å². The minimum absolute atomic E-state index is 0.170. The summed E-state index contributed by atoms with van der Waals surface area (Å²) in [6.45, 7) is 2.91. The standard InChI is InChI=1S/C14H18FNO4S/c1-2-10-5-7-16(8-6-10)21(19,20)11-3-4-13(15)12(9-11)14(17)18/h3-4,9-10H,2,5-8H2,1H3,(H,17,18). The number of carboxylic acid groups (broad SMARTS) is 1. The number of halogens is 1. The lowest BCUT2D eigenvalue weighted by Crippen LogP contribution is -2.38. The number of nitrogens with zero attached hydrogens (tertiary/aromatic N) is 1. The minimum atomic E-state index is -3.76. The number of rotatable bonds is 4. The highest BCUT2D eigenvalue weighted by Gasteiger charge is 2.29. The molecule has 1 N–H and O–H groups in total. The molecule has 1 aliphatic rings. The fourth-order valence-electron chi connectivity index (χ4n) is 2.54. The van der Waals surface area contributed by atoms with E-state index in [1.165, 1.54) is 4.31 Å². The summed E-state index contributed by atoms with van der Waals surface area (Å²) < 4.78 is 39.7. The SMILES string of the molecule is CCC1CCN(S(=O)(=O)c2ccc(F)c(C(=O)O)c2)CC1. The fourth-order valence-corrected chi connectivity index (χ4v) is 4.03. The van der Waals surface area contributed by atoms with E-state index in [1.54, 1.807) is 0 Å². The van der Waals surface area contributed by atoms with Crippen molar-refractivity contribution in [2.24, 2.45) is 5.92 Å². The molecule has 0 unspecified atom stereocenters. The molecule has 1 heterocycles. The van der Waals surface area contributed by atoms with Crippen LogP contribution in [0.1, 0.15) is 36.5 Å². The topological polar surface area (TPSA) is 74.7 Å². The van der Waals surface area contributed by atoms with Crippen molar-refractivity contribution in [2.75, 3.05) is 13.1 Å². The van der Waals surface area contributed by atoms with Crippen molar-refractivity contribution >= 4 is 16.0 Å². The Hall–Kier alpha value is -1.47. The van der Waals surface area contributed by atoms with Gasteiger partial charge in [-0.25, -0.2) is 17.6 Å². The van der Waals surface area contributed by atoms with Gasteiger partial charge in [0.25, 0.3) is 0 Å². The largest absolute Gasteiger partial charge is 0.478 e. The summed E-state index contributed by atoms with van der Waals surface area (Å²) in [5, 5.41) is 8.88. The van der Waals surface area contributed by atoms with Crippen LogP contribution in [0.15, 0.2) is 23.1 Å². The zero-order chi connectivity index (χ0) is 15.6. The number of hydrogen-bond acceptors (Lipinski definition) is 3. The van der Waals surface area contributed by atoms with Crippen molar-refractivity contribution in [3.05, 3.63) is 29.6 Å². The second kappa shape index (κ2) is 6.11. The molecule has 2 rings (SSSR count). The average Bonchev–Trinajstić information content (AvgIpc) is 2.47. The van der Waals surface area contributed by atoms with Crippen LogP contribution >= 0.6 is 0 Å². The number of piperidine rings is 1. The maximum Gasteiger partial charge on any atom is 0.338 e. The number of aromatic carboxylic acids is 1. The molecule has 0 aromatic heterocycles. The second-order valence-electron chi connectivity index (χ2n) is 5.20.